The van der Waals surface area contributed by atoms with Crippen molar-refractivity contribution in [2.45, 2.75) is 37.7 Å². The number of benzene rings is 1. The topological polar surface area (TPSA) is 58.6 Å². The van der Waals surface area contributed by atoms with Crippen LogP contribution in [0, 0.1) is 0 Å². The van der Waals surface area contributed by atoms with Crippen LogP contribution < -0.4 is 10.1 Å². The normalized spacial score (nSPS) is 16.5. The van der Waals surface area contributed by atoms with Gasteiger partial charge in [0.2, 0.25) is 5.91 Å². The van der Waals surface area contributed by atoms with Crippen molar-refractivity contribution in [2.75, 3.05) is 13.2 Å². The summed E-state index contributed by atoms with van der Waals surface area (Å²) in [6.45, 7) is 0.910. The van der Waals surface area contributed by atoms with Gasteiger partial charge in [-0.25, -0.2) is 0 Å². The molecule has 2 rings (SSSR count). The lowest BCUT2D eigenvalue weighted by atomic mass is 9.80. The van der Waals surface area contributed by atoms with Gasteiger partial charge in [-0.1, -0.05) is 18.2 Å². The molecule has 1 aliphatic carbocycles. The van der Waals surface area contributed by atoms with Gasteiger partial charge in [0.05, 0.1) is 12.2 Å². The van der Waals surface area contributed by atoms with E-state index in [9.17, 15) is 9.90 Å². The average molecular weight is 263 g/mol. The Bertz CT molecular complexity index is 401. The molecule has 4 heteroatoms. The first-order chi connectivity index (χ1) is 9.18. The molecule has 0 spiro atoms. The number of para-hydroxylation sites is 1. The summed E-state index contributed by atoms with van der Waals surface area (Å²) in [5, 5.41) is 12.6. The number of carbonyl (C=O) groups excluding carboxylic acids is 1. The molecule has 1 saturated carbocycles. The molecule has 19 heavy (non-hydrogen) atoms. The summed E-state index contributed by atoms with van der Waals surface area (Å²) in [4.78, 5) is 11.6. The molecular formula is C15H21NO3. The number of ether oxygens (including phenoxy) is 1. The fourth-order valence-corrected chi connectivity index (χ4v) is 2.05. The molecule has 0 atom stereocenters. The quantitative estimate of drug-likeness (QED) is 0.738. The molecule has 1 aliphatic rings. The highest BCUT2D eigenvalue weighted by Gasteiger charge is 2.34. The van der Waals surface area contributed by atoms with Gasteiger partial charge in [0.15, 0.2) is 0 Å². The first-order valence-electron chi connectivity index (χ1n) is 6.85. The lowest BCUT2D eigenvalue weighted by Gasteiger charge is -2.36. The van der Waals surface area contributed by atoms with E-state index in [-0.39, 0.29) is 5.91 Å². The number of amides is 1. The van der Waals surface area contributed by atoms with E-state index in [0.717, 1.165) is 25.0 Å². The summed E-state index contributed by atoms with van der Waals surface area (Å²) in [5.41, 5.74) is -0.643. The van der Waals surface area contributed by atoms with E-state index in [1.807, 2.05) is 30.3 Å². The molecule has 0 unspecified atom stereocenters. The fourth-order valence-electron chi connectivity index (χ4n) is 2.05. The average Bonchev–Trinajstić information content (AvgIpc) is 2.40. The maximum absolute atomic E-state index is 11.6. The number of hydrogen-bond acceptors (Lipinski definition) is 3. The third kappa shape index (κ3) is 4.56. The highest BCUT2D eigenvalue weighted by atomic mass is 16.5. The van der Waals surface area contributed by atoms with E-state index in [2.05, 4.69) is 5.32 Å². The molecule has 1 aromatic carbocycles. The van der Waals surface area contributed by atoms with Crippen LogP contribution in [0.15, 0.2) is 30.3 Å². The number of rotatable bonds is 7. The van der Waals surface area contributed by atoms with Crippen molar-refractivity contribution in [3.8, 4) is 5.75 Å². The Morgan fingerprint density at radius 1 is 1.32 bits per heavy atom. The van der Waals surface area contributed by atoms with Crippen LogP contribution in [0.2, 0.25) is 0 Å². The summed E-state index contributed by atoms with van der Waals surface area (Å²) in [7, 11) is 0. The lowest BCUT2D eigenvalue weighted by molar-refractivity contribution is -0.123. The van der Waals surface area contributed by atoms with Crippen molar-refractivity contribution in [2.24, 2.45) is 0 Å². The minimum atomic E-state index is -0.643. The molecule has 104 valence electrons. The van der Waals surface area contributed by atoms with Gasteiger partial charge in [-0.15, -0.1) is 0 Å². The predicted molar refractivity (Wildman–Crippen MR) is 73.0 cm³/mol. The third-order valence-electron chi connectivity index (χ3n) is 3.46. The van der Waals surface area contributed by atoms with E-state index in [4.69, 9.17) is 4.74 Å². The highest BCUT2D eigenvalue weighted by molar-refractivity contribution is 5.75. The van der Waals surface area contributed by atoms with Crippen LogP contribution in [-0.2, 0) is 4.79 Å². The van der Waals surface area contributed by atoms with Crippen molar-refractivity contribution < 1.29 is 14.6 Å². The monoisotopic (exact) mass is 263 g/mol. The number of hydrogen-bond donors (Lipinski definition) is 2. The van der Waals surface area contributed by atoms with Gasteiger partial charge >= 0.3 is 0 Å². The minimum Gasteiger partial charge on any atom is -0.494 e. The predicted octanol–water partition coefficient (Wildman–Crippen LogP) is 1.88. The molecule has 0 radical (unpaired) electrons. The summed E-state index contributed by atoms with van der Waals surface area (Å²) in [6, 6.07) is 9.56. The van der Waals surface area contributed by atoms with Crippen LogP contribution in [0.25, 0.3) is 0 Å². The SMILES string of the molecule is O=C(CCCOc1ccccc1)NCC1(O)CCC1. The zero-order chi connectivity index (χ0) is 13.6. The Hall–Kier alpha value is -1.55. The minimum absolute atomic E-state index is 0.0167. The van der Waals surface area contributed by atoms with E-state index < -0.39 is 5.60 Å². The first-order valence-corrected chi connectivity index (χ1v) is 6.85. The van der Waals surface area contributed by atoms with Gasteiger partial charge in [-0.3, -0.25) is 4.79 Å². The van der Waals surface area contributed by atoms with Crippen molar-refractivity contribution >= 4 is 5.91 Å². The molecule has 1 amide bonds. The highest BCUT2D eigenvalue weighted by Crippen LogP contribution is 2.30. The molecule has 0 bridgehead atoms. The van der Waals surface area contributed by atoms with Gasteiger partial charge < -0.3 is 15.2 Å². The molecule has 4 nitrogen and oxygen atoms in total. The van der Waals surface area contributed by atoms with E-state index in [0.29, 0.717) is 26.0 Å². The second-order valence-corrected chi connectivity index (χ2v) is 5.12. The Labute approximate surface area is 113 Å². The van der Waals surface area contributed by atoms with Gasteiger partial charge in [-0.2, -0.15) is 0 Å². The molecule has 1 aromatic rings. The zero-order valence-electron chi connectivity index (χ0n) is 11.1. The second kappa shape index (κ2) is 6.57. The van der Waals surface area contributed by atoms with Crippen LogP contribution >= 0.6 is 0 Å². The molecule has 0 heterocycles. The number of nitrogens with one attached hydrogen (secondary N) is 1. The Kier molecular flexibility index (Phi) is 4.80. The van der Waals surface area contributed by atoms with Gasteiger partial charge in [0.1, 0.15) is 5.75 Å². The second-order valence-electron chi connectivity index (χ2n) is 5.12. The van der Waals surface area contributed by atoms with Gasteiger partial charge in [-0.05, 0) is 37.8 Å². The van der Waals surface area contributed by atoms with Crippen molar-refractivity contribution in [3.05, 3.63) is 30.3 Å². The van der Waals surface area contributed by atoms with E-state index >= 15 is 0 Å². The van der Waals surface area contributed by atoms with E-state index in [1.54, 1.807) is 0 Å². The van der Waals surface area contributed by atoms with E-state index in [1.165, 1.54) is 0 Å². The van der Waals surface area contributed by atoms with Gasteiger partial charge in [0.25, 0.3) is 0 Å². The Morgan fingerprint density at radius 3 is 2.68 bits per heavy atom. The Morgan fingerprint density at radius 2 is 2.05 bits per heavy atom. The van der Waals surface area contributed by atoms with Crippen LogP contribution in [0.4, 0.5) is 0 Å². The smallest absolute Gasteiger partial charge is 0.220 e. The molecule has 1 fully saturated rings. The largest absolute Gasteiger partial charge is 0.494 e. The van der Waals surface area contributed by atoms with Gasteiger partial charge in [0, 0.05) is 13.0 Å². The van der Waals surface area contributed by atoms with Crippen molar-refractivity contribution in [3.63, 3.8) is 0 Å². The summed E-state index contributed by atoms with van der Waals surface area (Å²) < 4.78 is 5.50. The van der Waals surface area contributed by atoms with Crippen LogP contribution in [0.5, 0.6) is 5.75 Å². The molecule has 0 aromatic heterocycles. The van der Waals surface area contributed by atoms with Crippen molar-refractivity contribution in [1.82, 2.24) is 5.32 Å². The number of carbonyl (C=O) groups is 1. The summed E-state index contributed by atoms with van der Waals surface area (Å²) >= 11 is 0. The molecular weight excluding hydrogens is 242 g/mol. The maximum Gasteiger partial charge on any atom is 0.220 e. The third-order valence-corrected chi connectivity index (χ3v) is 3.46. The molecule has 0 saturated heterocycles. The van der Waals surface area contributed by atoms with Crippen LogP contribution in [0.3, 0.4) is 0 Å². The molecule has 0 aliphatic heterocycles. The first kappa shape index (κ1) is 13.9. The number of aliphatic hydroxyl groups is 1. The lowest BCUT2D eigenvalue weighted by Crippen LogP contribution is -2.47. The maximum atomic E-state index is 11.6. The van der Waals surface area contributed by atoms with Crippen LogP contribution in [0.1, 0.15) is 32.1 Å². The fraction of sp³-hybridized carbons (Fsp3) is 0.533. The van der Waals surface area contributed by atoms with Crippen molar-refractivity contribution in [1.29, 1.82) is 0 Å². The zero-order valence-corrected chi connectivity index (χ0v) is 11.1. The summed E-state index contributed by atoms with van der Waals surface area (Å²) in [6.07, 6.45) is 3.76. The van der Waals surface area contributed by atoms with Crippen LogP contribution in [-0.4, -0.2) is 29.8 Å². The molecule has 2 N–H and O–H groups in total. The standard InChI is InChI=1S/C15H21NO3/c17-14(16-12-15(18)9-5-10-15)8-4-11-19-13-6-2-1-3-7-13/h1-3,6-7,18H,4-5,8-12H2,(H,16,17). The summed E-state index contributed by atoms with van der Waals surface area (Å²) in [5.74, 6) is 0.809. The Balaban J connectivity index is 1.54.